The average Bonchev–Trinajstić information content (AvgIpc) is 2.72. The van der Waals surface area contributed by atoms with E-state index in [0.717, 1.165) is 25.3 Å². The maximum Gasteiger partial charge on any atom is 0.140 e. The Kier molecular flexibility index (Phi) is 6.71. The van der Waals surface area contributed by atoms with Crippen molar-refractivity contribution in [3.63, 3.8) is 0 Å². The summed E-state index contributed by atoms with van der Waals surface area (Å²) < 4.78 is 7.03. The second-order valence-corrected chi connectivity index (χ2v) is 3.41. The molecule has 0 saturated carbocycles. The number of ether oxygens (including phenoxy) is 1. The minimum atomic E-state index is 0.0742. The predicted octanol–water partition coefficient (Wildman–Crippen LogP) is -0.213. The van der Waals surface area contributed by atoms with Crippen molar-refractivity contribution in [3.8, 4) is 0 Å². The molecule has 0 aromatic carbocycles. The molecule has 0 amide bonds. The first-order valence-electron chi connectivity index (χ1n) is 5.64. The van der Waals surface area contributed by atoms with E-state index in [1.54, 1.807) is 6.33 Å². The van der Waals surface area contributed by atoms with Gasteiger partial charge in [0.2, 0.25) is 0 Å². The van der Waals surface area contributed by atoms with Gasteiger partial charge in [0.25, 0.3) is 0 Å². The molecule has 0 aliphatic heterocycles. The van der Waals surface area contributed by atoms with Crippen molar-refractivity contribution in [1.29, 1.82) is 0 Å². The van der Waals surface area contributed by atoms with E-state index in [0.29, 0.717) is 19.8 Å². The van der Waals surface area contributed by atoms with Gasteiger partial charge in [-0.2, -0.15) is 5.10 Å². The smallest absolute Gasteiger partial charge is 0.140 e. The van der Waals surface area contributed by atoms with Gasteiger partial charge in [-0.05, 0) is 6.42 Å². The Bertz CT molecular complexity index is 278. The Hall–Kier alpha value is -0.980. The zero-order chi connectivity index (χ0) is 11.6. The van der Waals surface area contributed by atoms with E-state index in [1.807, 2.05) is 4.68 Å². The summed E-state index contributed by atoms with van der Waals surface area (Å²) in [4.78, 5) is 4.18. The van der Waals surface area contributed by atoms with Gasteiger partial charge in [0.05, 0.1) is 26.4 Å². The molecule has 0 spiro atoms. The Morgan fingerprint density at radius 3 is 3.12 bits per heavy atom. The van der Waals surface area contributed by atoms with Crippen molar-refractivity contribution in [3.05, 3.63) is 12.2 Å². The van der Waals surface area contributed by atoms with Crippen LogP contribution in [0.15, 0.2) is 6.33 Å². The van der Waals surface area contributed by atoms with Gasteiger partial charge in [0.1, 0.15) is 12.2 Å². The van der Waals surface area contributed by atoms with Crippen LogP contribution in [0.3, 0.4) is 0 Å². The number of nitrogens with zero attached hydrogens (tertiary/aromatic N) is 3. The predicted molar refractivity (Wildman–Crippen MR) is 59.9 cm³/mol. The Labute approximate surface area is 95.6 Å². The summed E-state index contributed by atoms with van der Waals surface area (Å²) in [5.74, 6) is 0.948. The number of nitrogens with one attached hydrogen (secondary N) is 1. The molecule has 92 valence electrons. The van der Waals surface area contributed by atoms with E-state index in [1.165, 1.54) is 0 Å². The number of hydrogen-bond donors (Lipinski definition) is 2. The van der Waals surface area contributed by atoms with Crippen molar-refractivity contribution in [2.24, 2.45) is 0 Å². The lowest BCUT2D eigenvalue weighted by Crippen LogP contribution is -2.22. The average molecular weight is 228 g/mol. The molecular weight excluding hydrogens is 208 g/mol. The van der Waals surface area contributed by atoms with E-state index in [9.17, 15) is 0 Å². The Morgan fingerprint density at radius 1 is 1.50 bits per heavy atom. The number of hydrogen-bond acceptors (Lipinski definition) is 5. The molecule has 0 aliphatic rings. The molecule has 0 atom stereocenters. The van der Waals surface area contributed by atoms with Gasteiger partial charge >= 0.3 is 0 Å². The molecular formula is C10H20N4O2. The molecule has 1 rings (SSSR count). The lowest BCUT2D eigenvalue weighted by molar-refractivity contribution is 0.0936. The molecule has 2 N–H and O–H groups in total. The summed E-state index contributed by atoms with van der Waals surface area (Å²) in [7, 11) is 0. The molecule has 1 heterocycles. The van der Waals surface area contributed by atoms with E-state index in [2.05, 4.69) is 22.3 Å². The molecule has 1 aromatic rings. The third-order valence-electron chi connectivity index (χ3n) is 2.07. The van der Waals surface area contributed by atoms with Crippen LogP contribution in [-0.4, -0.2) is 46.2 Å². The van der Waals surface area contributed by atoms with Crippen molar-refractivity contribution < 1.29 is 9.84 Å². The van der Waals surface area contributed by atoms with E-state index in [4.69, 9.17) is 9.84 Å². The van der Waals surface area contributed by atoms with Crippen LogP contribution in [0.2, 0.25) is 0 Å². The number of aliphatic hydroxyl groups is 1. The van der Waals surface area contributed by atoms with Crippen LogP contribution in [0, 0.1) is 0 Å². The first-order chi connectivity index (χ1) is 7.88. The van der Waals surface area contributed by atoms with Gasteiger partial charge in [-0.1, -0.05) is 6.92 Å². The molecule has 1 aromatic heterocycles. The minimum Gasteiger partial charge on any atom is -0.394 e. The zero-order valence-electron chi connectivity index (χ0n) is 9.72. The highest BCUT2D eigenvalue weighted by Gasteiger charge is 2.01. The van der Waals surface area contributed by atoms with E-state index < -0.39 is 0 Å². The van der Waals surface area contributed by atoms with Crippen LogP contribution >= 0.6 is 0 Å². The quantitative estimate of drug-likeness (QED) is 0.572. The van der Waals surface area contributed by atoms with Crippen LogP contribution in [0.4, 0.5) is 0 Å². The number of aryl methyl sites for hydroxylation is 1. The first-order valence-corrected chi connectivity index (χ1v) is 5.64. The molecule has 16 heavy (non-hydrogen) atoms. The van der Waals surface area contributed by atoms with E-state index in [-0.39, 0.29) is 6.61 Å². The van der Waals surface area contributed by atoms with Crippen molar-refractivity contribution in [2.75, 3.05) is 26.4 Å². The highest BCUT2D eigenvalue weighted by Crippen LogP contribution is 1.95. The summed E-state index contributed by atoms with van der Waals surface area (Å²) in [5.41, 5.74) is 0. The number of aliphatic hydroxyl groups excluding tert-OH is 1. The standard InChI is InChI=1S/C10H20N4O2/c1-2-4-14-10(12-9-13-14)8-11-3-6-16-7-5-15/h9,11,15H,2-8H2,1H3. The van der Waals surface area contributed by atoms with Gasteiger partial charge in [-0.15, -0.1) is 0 Å². The Morgan fingerprint density at radius 2 is 2.38 bits per heavy atom. The second kappa shape index (κ2) is 8.20. The van der Waals surface area contributed by atoms with Crippen LogP contribution in [0.1, 0.15) is 19.2 Å². The fraction of sp³-hybridized carbons (Fsp3) is 0.800. The maximum absolute atomic E-state index is 8.50. The number of rotatable bonds is 9. The maximum atomic E-state index is 8.50. The van der Waals surface area contributed by atoms with Gasteiger partial charge in [0.15, 0.2) is 0 Å². The summed E-state index contributed by atoms with van der Waals surface area (Å²) in [6, 6.07) is 0. The van der Waals surface area contributed by atoms with Crippen LogP contribution in [0.5, 0.6) is 0 Å². The largest absolute Gasteiger partial charge is 0.394 e. The van der Waals surface area contributed by atoms with Crippen LogP contribution in [-0.2, 0) is 17.8 Å². The molecule has 0 saturated heterocycles. The van der Waals surface area contributed by atoms with Gasteiger partial charge < -0.3 is 15.2 Å². The fourth-order valence-corrected chi connectivity index (χ4v) is 1.33. The zero-order valence-corrected chi connectivity index (χ0v) is 9.72. The van der Waals surface area contributed by atoms with E-state index >= 15 is 0 Å². The first kappa shape index (κ1) is 13.1. The van der Waals surface area contributed by atoms with Crippen molar-refractivity contribution in [1.82, 2.24) is 20.1 Å². The van der Waals surface area contributed by atoms with Crippen molar-refractivity contribution in [2.45, 2.75) is 26.4 Å². The summed E-state index contributed by atoms with van der Waals surface area (Å²) in [6.45, 7) is 5.53. The second-order valence-electron chi connectivity index (χ2n) is 3.41. The topological polar surface area (TPSA) is 72.2 Å². The number of aromatic nitrogens is 3. The molecule has 0 fully saturated rings. The highest BCUT2D eigenvalue weighted by atomic mass is 16.5. The normalized spacial score (nSPS) is 10.9. The molecule has 0 bridgehead atoms. The molecule has 0 radical (unpaired) electrons. The van der Waals surface area contributed by atoms with Crippen molar-refractivity contribution >= 4 is 0 Å². The van der Waals surface area contributed by atoms with Gasteiger partial charge in [-0.25, -0.2) is 9.67 Å². The summed E-state index contributed by atoms with van der Waals surface area (Å²) in [6.07, 6.45) is 2.63. The third-order valence-corrected chi connectivity index (χ3v) is 2.07. The van der Waals surface area contributed by atoms with Gasteiger partial charge in [0, 0.05) is 13.1 Å². The van der Waals surface area contributed by atoms with Crippen LogP contribution < -0.4 is 5.32 Å². The molecule has 6 heteroatoms. The molecule has 6 nitrogen and oxygen atoms in total. The Balaban J connectivity index is 2.13. The van der Waals surface area contributed by atoms with Crippen LogP contribution in [0.25, 0.3) is 0 Å². The summed E-state index contributed by atoms with van der Waals surface area (Å²) in [5, 5.41) is 15.9. The molecule has 0 aliphatic carbocycles. The monoisotopic (exact) mass is 228 g/mol. The SMILES string of the molecule is CCCn1ncnc1CNCCOCCO. The lowest BCUT2D eigenvalue weighted by atomic mass is 10.4. The lowest BCUT2D eigenvalue weighted by Gasteiger charge is -2.06. The van der Waals surface area contributed by atoms with Gasteiger partial charge in [-0.3, -0.25) is 0 Å². The molecule has 0 unspecified atom stereocenters. The minimum absolute atomic E-state index is 0.0742. The summed E-state index contributed by atoms with van der Waals surface area (Å²) >= 11 is 0. The fourth-order valence-electron chi connectivity index (χ4n) is 1.33. The third kappa shape index (κ3) is 4.69. The highest BCUT2D eigenvalue weighted by molar-refractivity contribution is 4.83.